The van der Waals surface area contributed by atoms with Crippen LogP contribution in [0.2, 0.25) is 0 Å². The highest BCUT2D eigenvalue weighted by Crippen LogP contribution is 2.57. The third kappa shape index (κ3) is 3.22. The van der Waals surface area contributed by atoms with Crippen molar-refractivity contribution in [3.63, 3.8) is 0 Å². The molecule has 0 aliphatic heterocycles. The second-order valence-corrected chi connectivity index (χ2v) is 9.05. The molecule has 7 heteroatoms. The average molecular weight is 393 g/mol. The van der Waals surface area contributed by atoms with Gasteiger partial charge >= 0.3 is 5.69 Å². The number of aromatic nitrogens is 2. The van der Waals surface area contributed by atoms with Gasteiger partial charge in [-0.1, -0.05) is 18.2 Å². The van der Waals surface area contributed by atoms with E-state index < -0.39 is 0 Å². The maximum absolute atomic E-state index is 12.1. The molecule has 4 aliphatic rings. The first kappa shape index (κ1) is 18.3. The summed E-state index contributed by atoms with van der Waals surface area (Å²) in [7, 11) is 0. The molecular weight excluding hydrogens is 366 g/mol. The predicted molar refractivity (Wildman–Crippen MR) is 112 cm³/mol. The van der Waals surface area contributed by atoms with Crippen molar-refractivity contribution in [2.45, 2.75) is 51.0 Å². The van der Waals surface area contributed by atoms with E-state index in [-0.39, 0.29) is 16.1 Å². The van der Waals surface area contributed by atoms with Gasteiger partial charge in [0, 0.05) is 17.8 Å². The minimum Gasteiger partial charge on any atom is -0.359 e. The Balaban J connectivity index is 1.53. The van der Waals surface area contributed by atoms with Crippen LogP contribution in [0.3, 0.4) is 0 Å². The molecule has 0 amide bonds. The lowest BCUT2D eigenvalue weighted by atomic mass is 9.53. The molecule has 1 heterocycles. The lowest BCUT2D eigenvalue weighted by Crippen LogP contribution is -2.55. The molecule has 0 atom stereocenters. The molecule has 152 valence electrons. The molecule has 0 spiro atoms. The number of nitrogens with zero attached hydrogens (tertiary/aromatic N) is 4. The quantitative estimate of drug-likeness (QED) is 0.554. The van der Waals surface area contributed by atoms with Crippen LogP contribution < -0.4 is 10.2 Å². The van der Waals surface area contributed by atoms with Gasteiger partial charge in [0.15, 0.2) is 0 Å². The Bertz CT molecular complexity index is 881. The maximum atomic E-state index is 12.1. The van der Waals surface area contributed by atoms with Crippen LogP contribution in [0.1, 0.15) is 45.4 Å². The highest BCUT2D eigenvalue weighted by molar-refractivity contribution is 5.76. The van der Waals surface area contributed by atoms with E-state index in [0.717, 1.165) is 42.7 Å². The topological polar surface area (TPSA) is 84.2 Å². The van der Waals surface area contributed by atoms with Crippen molar-refractivity contribution in [1.29, 1.82) is 0 Å². The van der Waals surface area contributed by atoms with E-state index in [1.54, 1.807) is 0 Å². The van der Waals surface area contributed by atoms with E-state index in [0.29, 0.717) is 18.2 Å². The summed E-state index contributed by atoms with van der Waals surface area (Å²) in [5.74, 6) is 2.99. The first-order valence-corrected chi connectivity index (χ1v) is 10.7. The Labute approximate surface area is 170 Å². The monoisotopic (exact) mass is 393 g/mol. The zero-order valence-electron chi connectivity index (χ0n) is 16.8. The number of nitro groups is 1. The van der Waals surface area contributed by atoms with Crippen LogP contribution in [0.25, 0.3) is 0 Å². The number of benzene rings is 1. The first-order valence-electron chi connectivity index (χ1n) is 10.7. The van der Waals surface area contributed by atoms with Gasteiger partial charge in [-0.2, -0.15) is 0 Å². The van der Waals surface area contributed by atoms with Gasteiger partial charge in [-0.25, -0.2) is 9.97 Å². The Morgan fingerprint density at radius 2 is 1.72 bits per heavy atom. The van der Waals surface area contributed by atoms with Crippen molar-refractivity contribution in [2.75, 3.05) is 16.8 Å². The smallest absolute Gasteiger partial charge is 0.353 e. The fraction of sp³-hybridized carbons (Fsp3) is 0.545. The number of nitrogens with one attached hydrogen (secondary N) is 1. The summed E-state index contributed by atoms with van der Waals surface area (Å²) in [6.07, 6.45) is 8.75. The number of rotatable bonds is 6. The number of hydrogen-bond acceptors (Lipinski definition) is 6. The van der Waals surface area contributed by atoms with E-state index >= 15 is 0 Å². The largest absolute Gasteiger partial charge is 0.359 e. The zero-order valence-corrected chi connectivity index (χ0v) is 16.8. The molecule has 0 saturated heterocycles. The standard InChI is InChI=1S/C22H27N5O2/c1-2-26(18-6-4-3-5-7-18)21-19(27(28)29)20(23-14-24-21)25-22-11-15-8-16(12-22)10-17(9-15)13-22/h3-7,14-17H,2,8-13H2,1H3,(H,23,24,25). The fourth-order valence-electron chi connectivity index (χ4n) is 6.40. The van der Waals surface area contributed by atoms with Gasteiger partial charge < -0.3 is 10.2 Å². The number of hydrogen-bond donors (Lipinski definition) is 1. The van der Waals surface area contributed by atoms with Crippen LogP contribution >= 0.6 is 0 Å². The third-order valence-corrected chi connectivity index (χ3v) is 7.05. The van der Waals surface area contributed by atoms with Gasteiger partial charge in [0.1, 0.15) is 6.33 Å². The second-order valence-electron chi connectivity index (χ2n) is 9.05. The summed E-state index contributed by atoms with van der Waals surface area (Å²) in [5, 5.41) is 15.7. The van der Waals surface area contributed by atoms with Gasteiger partial charge in [-0.3, -0.25) is 10.1 Å². The van der Waals surface area contributed by atoms with E-state index in [9.17, 15) is 10.1 Å². The molecular formula is C22H27N5O2. The Morgan fingerprint density at radius 1 is 1.10 bits per heavy atom. The minimum absolute atomic E-state index is 0.0195. The first-order chi connectivity index (χ1) is 14.1. The summed E-state index contributed by atoms with van der Waals surface area (Å²) in [6.45, 7) is 2.56. The summed E-state index contributed by atoms with van der Waals surface area (Å²) in [6, 6.07) is 9.69. The van der Waals surface area contributed by atoms with Gasteiger partial charge in [-0.05, 0) is 75.3 Å². The van der Waals surface area contributed by atoms with E-state index in [1.807, 2.05) is 42.2 Å². The highest BCUT2D eigenvalue weighted by atomic mass is 16.6. The molecule has 4 saturated carbocycles. The number of para-hydroxylation sites is 1. The molecule has 4 bridgehead atoms. The summed E-state index contributed by atoms with van der Waals surface area (Å²) < 4.78 is 0. The van der Waals surface area contributed by atoms with Crippen molar-refractivity contribution >= 4 is 23.0 Å². The van der Waals surface area contributed by atoms with Gasteiger partial charge in [-0.15, -0.1) is 0 Å². The normalized spacial score (nSPS) is 29.6. The van der Waals surface area contributed by atoms with Crippen LogP contribution in [-0.4, -0.2) is 27.0 Å². The molecule has 1 aromatic heterocycles. The van der Waals surface area contributed by atoms with Crippen LogP contribution in [0.4, 0.5) is 23.0 Å². The molecule has 1 N–H and O–H groups in total. The van der Waals surface area contributed by atoms with Crippen LogP contribution in [0.15, 0.2) is 36.7 Å². The highest BCUT2D eigenvalue weighted by Gasteiger charge is 2.51. The Kier molecular flexibility index (Phi) is 4.41. The van der Waals surface area contributed by atoms with Crippen molar-refractivity contribution in [3.8, 4) is 0 Å². The van der Waals surface area contributed by atoms with Crippen molar-refractivity contribution < 1.29 is 4.92 Å². The van der Waals surface area contributed by atoms with Crippen LogP contribution in [0.5, 0.6) is 0 Å². The molecule has 7 nitrogen and oxygen atoms in total. The lowest BCUT2D eigenvalue weighted by Gasteiger charge is -2.57. The summed E-state index contributed by atoms with van der Waals surface area (Å²) >= 11 is 0. The maximum Gasteiger partial charge on any atom is 0.353 e. The molecule has 0 radical (unpaired) electrons. The summed E-state index contributed by atoms with van der Waals surface area (Å²) in [4.78, 5) is 22.4. The molecule has 6 rings (SSSR count). The minimum atomic E-state index is -0.330. The lowest BCUT2D eigenvalue weighted by molar-refractivity contribution is -0.383. The zero-order chi connectivity index (χ0) is 20.0. The molecule has 4 aliphatic carbocycles. The number of anilines is 3. The molecule has 4 fully saturated rings. The van der Waals surface area contributed by atoms with Crippen LogP contribution in [-0.2, 0) is 0 Å². The molecule has 1 aromatic carbocycles. The third-order valence-electron chi connectivity index (χ3n) is 7.05. The van der Waals surface area contributed by atoms with Gasteiger partial charge in [0.2, 0.25) is 11.6 Å². The molecule has 29 heavy (non-hydrogen) atoms. The van der Waals surface area contributed by atoms with E-state index in [1.165, 1.54) is 25.6 Å². The van der Waals surface area contributed by atoms with Gasteiger partial charge in [0.05, 0.1) is 4.92 Å². The van der Waals surface area contributed by atoms with Crippen molar-refractivity contribution in [2.24, 2.45) is 17.8 Å². The average Bonchev–Trinajstić information content (AvgIpc) is 2.68. The van der Waals surface area contributed by atoms with Gasteiger partial charge in [0.25, 0.3) is 0 Å². The fourth-order valence-corrected chi connectivity index (χ4v) is 6.40. The second kappa shape index (κ2) is 6.97. The molecule has 0 unspecified atom stereocenters. The van der Waals surface area contributed by atoms with E-state index in [2.05, 4.69) is 15.3 Å². The van der Waals surface area contributed by atoms with Crippen molar-refractivity contribution in [1.82, 2.24) is 9.97 Å². The Hall–Kier alpha value is -2.70. The predicted octanol–water partition coefficient (Wildman–Crippen LogP) is 4.92. The molecule has 2 aromatic rings. The SMILES string of the molecule is CCN(c1ccccc1)c1ncnc(NC23CC4CC(CC(C4)C2)C3)c1[N+](=O)[O-]. The van der Waals surface area contributed by atoms with Crippen LogP contribution in [0, 0.1) is 27.9 Å². The van der Waals surface area contributed by atoms with Crippen molar-refractivity contribution in [3.05, 3.63) is 46.8 Å². The van der Waals surface area contributed by atoms with E-state index in [4.69, 9.17) is 0 Å². The Morgan fingerprint density at radius 3 is 2.28 bits per heavy atom. The summed E-state index contributed by atoms with van der Waals surface area (Å²) in [5.41, 5.74) is 0.820.